The molecular formula is C34H54NO3+. The second-order valence-corrected chi connectivity index (χ2v) is 11.4. The lowest BCUT2D eigenvalue weighted by molar-refractivity contribution is -0.903. The summed E-state index contributed by atoms with van der Waals surface area (Å²) < 4.78 is 12.3. The SMILES string of the molecule is CCCCCCCCCCCCCc1ccccc1OCCOC(=O)CCC[N+](C)(C)Cc1ccccc1. The van der Waals surface area contributed by atoms with E-state index < -0.39 is 0 Å². The van der Waals surface area contributed by atoms with Gasteiger partial charge in [-0.05, 0) is 24.5 Å². The predicted molar refractivity (Wildman–Crippen MR) is 159 cm³/mol. The van der Waals surface area contributed by atoms with Gasteiger partial charge < -0.3 is 14.0 Å². The van der Waals surface area contributed by atoms with Gasteiger partial charge in [0.05, 0.1) is 27.1 Å². The van der Waals surface area contributed by atoms with Gasteiger partial charge in [-0.1, -0.05) is 120 Å². The minimum Gasteiger partial charge on any atom is -0.490 e. The number of carbonyl (C=O) groups excluding carboxylic acids is 1. The van der Waals surface area contributed by atoms with Gasteiger partial charge in [-0.2, -0.15) is 0 Å². The maximum Gasteiger partial charge on any atom is 0.306 e. The Morgan fingerprint density at radius 3 is 2.00 bits per heavy atom. The second-order valence-electron chi connectivity index (χ2n) is 11.4. The molecule has 0 aliphatic rings. The average molecular weight is 525 g/mol. The quantitative estimate of drug-likeness (QED) is 0.0879. The topological polar surface area (TPSA) is 35.5 Å². The van der Waals surface area contributed by atoms with E-state index in [1.54, 1.807) is 0 Å². The molecule has 2 aromatic rings. The van der Waals surface area contributed by atoms with Crippen molar-refractivity contribution >= 4 is 5.97 Å². The highest BCUT2D eigenvalue weighted by Crippen LogP contribution is 2.21. The summed E-state index contributed by atoms with van der Waals surface area (Å²) in [4.78, 5) is 12.2. The zero-order valence-electron chi connectivity index (χ0n) is 24.6. The third-order valence-corrected chi connectivity index (χ3v) is 7.22. The molecule has 0 aromatic heterocycles. The normalized spacial score (nSPS) is 11.4. The number of carbonyl (C=O) groups is 1. The van der Waals surface area contributed by atoms with Crippen molar-refractivity contribution in [3.8, 4) is 5.75 Å². The van der Waals surface area contributed by atoms with Crippen molar-refractivity contribution in [3.05, 3.63) is 65.7 Å². The molecule has 0 saturated heterocycles. The second kappa shape index (κ2) is 19.7. The monoisotopic (exact) mass is 524 g/mol. The van der Waals surface area contributed by atoms with Gasteiger partial charge in [-0.3, -0.25) is 4.79 Å². The number of benzene rings is 2. The smallest absolute Gasteiger partial charge is 0.306 e. The van der Waals surface area contributed by atoms with Crippen LogP contribution in [-0.2, 0) is 22.5 Å². The summed E-state index contributed by atoms with van der Waals surface area (Å²) in [6.07, 6.45) is 17.2. The fraction of sp³-hybridized carbons (Fsp3) is 0.618. The van der Waals surface area contributed by atoms with Gasteiger partial charge in [0.1, 0.15) is 25.5 Å². The lowest BCUT2D eigenvalue weighted by Gasteiger charge is -2.29. The lowest BCUT2D eigenvalue weighted by atomic mass is 10.0. The summed E-state index contributed by atoms with van der Waals surface area (Å²) >= 11 is 0. The van der Waals surface area contributed by atoms with Gasteiger partial charge in [0.15, 0.2) is 0 Å². The highest BCUT2D eigenvalue weighted by atomic mass is 16.6. The molecule has 0 unspecified atom stereocenters. The van der Waals surface area contributed by atoms with E-state index in [1.807, 2.05) is 18.2 Å². The third-order valence-electron chi connectivity index (χ3n) is 7.22. The van der Waals surface area contributed by atoms with Crippen LogP contribution in [0.15, 0.2) is 54.6 Å². The van der Waals surface area contributed by atoms with Crippen molar-refractivity contribution in [1.29, 1.82) is 0 Å². The van der Waals surface area contributed by atoms with Crippen LogP contribution in [0.2, 0.25) is 0 Å². The Morgan fingerprint density at radius 2 is 1.32 bits per heavy atom. The molecular weight excluding hydrogens is 470 g/mol. The Bertz CT molecular complexity index is 865. The van der Waals surface area contributed by atoms with Crippen molar-refractivity contribution in [1.82, 2.24) is 0 Å². The Morgan fingerprint density at radius 1 is 0.711 bits per heavy atom. The van der Waals surface area contributed by atoms with Gasteiger partial charge in [0.25, 0.3) is 0 Å². The van der Waals surface area contributed by atoms with E-state index in [4.69, 9.17) is 9.47 Å². The first kappa shape index (κ1) is 31.9. The number of esters is 1. The molecule has 0 N–H and O–H groups in total. The highest BCUT2D eigenvalue weighted by molar-refractivity contribution is 5.69. The number of rotatable bonds is 22. The van der Waals surface area contributed by atoms with Crippen LogP contribution in [0, 0.1) is 0 Å². The molecule has 0 heterocycles. The fourth-order valence-electron chi connectivity index (χ4n) is 5.02. The molecule has 0 fully saturated rings. The minimum absolute atomic E-state index is 0.137. The van der Waals surface area contributed by atoms with Gasteiger partial charge in [0.2, 0.25) is 0 Å². The largest absolute Gasteiger partial charge is 0.490 e. The number of hydrogen-bond acceptors (Lipinski definition) is 3. The summed E-state index contributed by atoms with van der Waals surface area (Å²) in [5.41, 5.74) is 2.58. The van der Waals surface area contributed by atoms with Gasteiger partial charge >= 0.3 is 5.97 Å². The van der Waals surface area contributed by atoms with Crippen molar-refractivity contribution in [3.63, 3.8) is 0 Å². The maximum absolute atomic E-state index is 12.2. The molecule has 0 spiro atoms. The van der Waals surface area contributed by atoms with Crippen LogP contribution in [0.1, 0.15) is 102 Å². The maximum atomic E-state index is 12.2. The summed E-state index contributed by atoms with van der Waals surface area (Å²) in [7, 11) is 4.42. The van der Waals surface area contributed by atoms with Crippen LogP contribution in [0.4, 0.5) is 0 Å². The lowest BCUT2D eigenvalue weighted by Crippen LogP contribution is -2.39. The third kappa shape index (κ3) is 15.2. The van der Waals surface area contributed by atoms with Crippen LogP contribution in [0.3, 0.4) is 0 Å². The highest BCUT2D eigenvalue weighted by Gasteiger charge is 2.16. The zero-order chi connectivity index (χ0) is 27.3. The molecule has 4 nitrogen and oxygen atoms in total. The fourth-order valence-corrected chi connectivity index (χ4v) is 5.02. The van der Waals surface area contributed by atoms with E-state index in [2.05, 4.69) is 57.4 Å². The first-order valence-corrected chi connectivity index (χ1v) is 15.2. The molecule has 0 amide bonds. The Hall–Kier alpha value is -2.33. The van der Waals surface area contributed by atoms with Crippen LogP contribution < -0.4 is 4.74 Å². The van der Waals surface area contributed by atoms with E-state index in [9.17, 15) is 4.79 Å². The summed E-state index contributed by atoms with van der Waals surface area (Å²) in [6.45, 7) is 4.87. The molecule has 0 bridgehead atoms. The number of hydrogen-bond donors (Lipinski definition) is 0. The van der Waals surface area contributed by atoms with E-state index in [1.165, 1.54) is 81.8 Å². The summed E-state index contributed by atoms with van der Waals surface area (Å²) in [6, 6.07) is 18.8. The first-order valence-electron chi connectivity index (χ1n) is 15.2. The number of nitrogens with zero attached hydrogens (tertiary/aromatic N) is 1. The molecule has 0 aliphatic heterocycles. The zero-order valence-corrected chi connectivity index (χ0v) is 24.6. The molecule has 0 radical (unpaired) electrons. The predicted octanol–water partition coefficient (Wildman–Crippen LogP) is 8.52. The summed E-state index contributed by atoms with van der Waals surface area (Å²) in [5.74, 6) is 0.790. The number of quaternary nitrogens is 1. The van der Waals surface area contributed by atoms with Gasteiger partial charge in [-0.25, -0.2) is 0 Å². The Kier molecular flexibility index (Phi) is 16.5. The molecule has 2 aromatic carbocycles. The Labute approximate surface area is 233 Å². The van der Waals surface area contributed by atoms with E-state index in [-0.39, 0.29) is 5.97 Å². The number of unbranched alkanes of at least 4 members (excludes halogenated alkanes) is 10. The molecule has 2 rings (SSSR count). The molecule has 212 valence electrons. The van der Waals surface area contributed by atoms with E-state index >= 15 is 0 Å². The standard InChI is InChI=1S/C34H54NO3/c1-4-5-6-7-8-9-10-11-12-13-17-23-32-24-18-19-25-33(32)37-28-29-38-34(36)26-20-27-35(2,3)30-31-21-15-14-16-22-31/h14-16,18-19,21-22,24-25H,4-13,17,20,23,26-30H2,1-3H3/q+1. The van der Waals surface area contributed by atoms with E-state index in [0.717, 1.165) is 36.2 Å². The van der Waals surface area contributed by atoms with Crippen molar-refractivity contribution in [2.75, 3.05) is 33.9 Å². The molecule has 38 heavy (non-hydrogen) atoms. The van der Waals surface area contributed by atoms with Crippen LogP contribution in [0.5, 0.6) is 5.75 Å². The van der Waals surface area contributed by atoms with E-state index in [0.29, 0.717) is 19.6 Å². The average Bonchev–Trinajstić information content (AvgIpc) is 2.90. The number of aryl methyl sites for hydroxylation is 1. The van der Waals surface area contributed by atoms with Crippen molar-refractivity contribution in [2.24, 2.45) is 0 Å². The number of ether oxygens (including phenoxy) is 2. The first-order chi connectivity index (χ1) is 18.5. The molecule has 0 saturated carbocycles. The van der Waals surface area contributed by atoms with Crippen molar-refractivity contribution < 1.29 is 18.8 Å². The number of para-hydroxylation sites is 1. The summed E-state index contributed by atoms with van der Waals surface area (Å²) in [5, 5.41) is 0. The van der Waals surface area contributed by atoms with Crippen LogP contribution >= 0.6 is 0 Å². The molecule has 4 heteroatoms. The minimum atomic E-state index is -0.137. The van der Waals surface area contributed by atoms with Gasteiger partial charge in [0, 0.05) is 12.0 Å². The van der Waals surface area contributed by atoms with Crippen LogP contribution in [0.25, 0.3) is 0 Å². The molecule has 0 atom stereocenters. The van der Waals surface area contributed by atoms with Gasteiger partial charge in [-0.15, -0.1) is 0 Å². The molecule has 0 aliphatic carbocycles. The van der Waals surface area contributed by atoms with Crippen molar-refractivity contribution in [2.45, 2.75) is 103 Å². The van der Waals surface area contributed by atoms with Crippen LogP contribution in [-0.4, -0.2) is 44.3 Å². The Balaban J connectivity index is 1.53.